The normalized spacial score (nSPS) is 11.9. The number of hydrogen-bond donors (Lipinski definition) is 0. The topological polar surface area (TPSA) is 35.6 Å². The largest absolute Gasteiger partial charge is 0.309 e. The molecule has 0 atom stereocenters. The first-order valence-corrected chi connectivity index (χ1v) is 19.1. The Labute approximate surface area is 322 Å². The third-order valence-corrected chi connectivity index (χ3v) is 11.5. The van der Waals surface area contributed by atoms with Gasteiger partial charge in [-0.05, 0) is 93.3 Å². The Balaban J connectivity index is 1.12. The van der Waals surface area contributed by atoms with Crippen LogP contribution < -0.4 is 0 Å². The SMILES string of the molecule is c1ccc(-c2nc(-n3c4ccccc4c4cc5cc(-c6ccc7c(c6)c6ccccc6n7-c6ccccc6)c6ccccc6c5cc43)nc3ccccc23)cc1. The molecule has 12 aromatic rings. The molecule has 3 aromatic heterocycles. The highest BCUT2D eigenvalue weighted by Crippen LogP contribution is 2.42. The highest BCUT2D eigenvalue weighted by atomic mass is 15.2. The van der Waals surface area contributed by atoms with Gasteiger partial charge in [0, 0.05) is 38.2 Å². The summed E-state index contributed by atoms with van der Waals surface area (Å²) in [4.78, 5) is 10.5. The fourth-order valence-electron chi connectivity index (χ4n) is 9.00. The number of rotatable bonds is 4. The maximum atomic E-state index is 5.33. The molecule has 0 radical (unpaired) electrons. The zero-order valence-corrected chi connectivity index (χ0v) is 30.3. The van der Waals surface area contributed by atoms with Gasteiger partial charge in [0.2, 0.25) is 5.95 Å². The van der Waals surface area contributed by atoms with Crippen molar-refractivity contribution in [2.24, 2.45) is 0 Å². The molecule has 0 aliphatic heterocycles. The Morgan fingerprint density at radius 1 is 0.321 bits per heavy atom. The fraction of sp³-hybridized carbons (Fsp3) is 0. The van der Waals surface area contributed by atoms with Crippen molar-refractivity contribution in [1.82, 2.24) is 19.1 Å². The Morgan fingerprint density at radius 2 is 0.911 bits per heavy atom. The van der Waals surface area contributed by atoms with E-state index in [4.69, 9.17) is 9.97 Å². The van der Waals surface area contributed by atoms with Crippen molar-refractivity contribution in [2.45, 2.75) is 0 Å². The predicted molar refractivity (Wildman–Crippen MR) is 234 cm³/mol. The van der Waals surface area contributed by atoms with Gasteiger partial charge in [0.1, 0.15) is 0 Å². The molecule has 0 amide bonds. The molecular weight excluding hydrogens is 681 g/mol. The van der Waals surface area contributed by atoms with Crippen molar-refractivity contribution in [3.8, 4) is 34.0 Å². The average Bonchev–Trinajstić information content (AvgIpc) is 3.77. The number of fused-ring (bicyclic) bond motifs is 10. The van der Waals surface area contributed by atoms with Crippen molar-refractivity contribution in [2.75, 3.05) is 0 Å². The fourth-order valence-corrected chi connectivity index (χ4v) is 9.00. The van der Waals surface area contributed by atoms with Gasteiger partial charge in [-0.3, -0.25) is 4.57 Å². The Hall–Kier alpha value is -7.56. The summed E-state index contributed by atoms with van der Waals surface area (Å²) in [6, 6.07) is 69.7. The number of benzene rings is 9. The second-order valence-corrected chi connectivity index (χ2v) is 14.6. The summed E-state index contributed by atoms with van der Waals surface area (Å²) in [6.07, 6.45) is 0. The molecule has 0 N–H and O–H groups in total. The number of nitrogens with zero attached hydrogens (tertiary/aromatic N) is 4. The van der Waals surface area contributed by atoms with E-state index in [0.29, 0.717) is 5.95 Å². The summed E-state index contributed by atoms with van der Waals surface area (Å²) >= 11 is 0. The molecule has 56 heavy (non-hydrogen) atoms. The van der Waals surface area contributed by atoms with Crippen molar-refractivity contribution in [3.05, 3.63) is 194 Å². The van der Waals surface area contributed by atoms with E-state index in [-0.39, 0.29) is 0 Å². The molecule has 0 aliphatic carbocycles. The van der Waals surface area contributed by atoms with Crippen LogP contribution >= 0.6 is 0 Å². The molecule has 3 heterocycles. The van der Waals surface area contributed by atoms with Crippen molar-refractivity contribution < 1.29 is 0 Å². The lowest BCUT2D eigenvalue weighted by molar-refractivity contribution is 1.01. The standard InChI is InChI=1S/C52H32N4/c1-3-15-33(16-4-1)51-41-23-9-12-24-46(41)53-52(54-51)56-48-26-14-11-22-40(48)45-31-35-30-42(37-19-7-8-20-38(37)43(35)32-50(45)56)34-27-28-49-44(29-34)39-21-10-13-25-47(39)55(49)36-17-5-2-6-18-36/h1-32H. The lowest BCUT2D eigenvalue weighted by Gasteiger charge is -2.14. The minimum absolute atomic E-state index is 0.664. The van der Waals surface area contributed by atoms with E-state index in [2.05, 4.69) is 197 Å². The third-order valence-electron chi connectivity index (χ3n) is 11.5. The van der Waals surface area contributed by atoms with Crippen molar-refractivity contribution in [3.63, 3.8) is 0 Å². The second-order valence-electron chi connectivity index (χ2n) is 14.6. The summed E-state index contributed by atoms with van der Waals surface area (Å²) in [5.74, 6) is 0.664. The molecule has 0 spiro atoms. The van der Waals surface area contributed by atoms with Crippen LogP contribution in [-0.2, 0) is 0 Å². The van der Waals surface area contributed by atoms with Gasteiger partial charge in [-0.25, -0.2) is 9.97 Å². The lowest BCUT2D eigenvalue weighted by atomic mass is 9.92. The summed E-state index contributed by atoms with van der Waals surface area (Å²) in [7, 11) is 0. The van der Waals surface area contributed by atoms with E-state index in [1.165, 1.54) is 65.3 Å². The van der Waals surface area contributed by atoms with Crippen LogP contribution in [0.3, 0.4) is 0 Å². The van der Waals surface area contributed by atoms with Gasteiger partial charge in [-0.1, -0.05) is 133 Å². The van der Waals surface area contributed by atoms with Gasteiger partial charge in [-0.2, -0.15) is 0 Å². The van der Waals surface area contributed by atoms with Crippen LogP contribution in [0.2, 0.25) is 0 Å². The average molecular weight is 713 g/mol. The van der Waals surface area contributed by atoms with Gasteiger partial charge in [0.05, 0.1) is 33.3 Å². The maximum absolute atomic E-state index is 5.33. The maximum Gasteiger partial charge on any atom is 0.235 e. The predicted octanol–water partition coefficient (Wildman–Crippen LogP) is 13.5. The summed E-state index contributed by atoms with van der Waals surface area (Å²) in [6.45, 7) is 0. The molecule has 0 saturated heterocycles. The first kappa shape index (κ1) is 30.9. The molecule has 0 aliphatic rings. The van der Waals surface area contributed by atoms with Crippen LogP contribution in [0.5, 0.6) is 0 Å². The van der Waals surface area contributed by atoms with E-state index in [1.807, 2.05) is 6.07 Å². The molecule has 4 nitrogen and oxygen atoms in total. The van der Waals surface area contributed by atoms with E-state index in [9.17, 15) is 0 Å². The molecular formula is C52H32N4. The zero-order valence-electron chi connectivity index (χ0n) is 30.3. The van der Waals surface area contributed by atoms with Crippen LogP contribution in [0.25, 0.3) is 110 Å². The Morgan fingerprint density at radius 3 is 1.68 bits per heavy atom. The number of aromatic nitrogens is 4. The van der Waals surface area contributed by atoms with Crippen LogP contribution in [0.15, 0.2) is 194 Å². The van der Waals surface area contributed by atoms with Gasteiger partial charge in [0.25, 0.3) is 0 Å². The highest BCUT2D eigenvalue weighted by Gasteiger charge is 2.20. The van der Waals surface area contributed by atoms with Gasteiger partial charge in [0.15, 0.2) is 0 Å². The number of hydrogen-bond acceptors (Lipinski definition) is 2. The van der Waals surface area contributed by atoms with E-state index in [1.54, 1.807) is 0 Å². The smallest absolute Gasteiger partial charge is 0.235 e. The molecule has 0 unspecified atom stereocenters. The first-order chi connectivity index (χ1) is 27.8. The van der Waals surface area contributed by atoms with E-state index in [0.717, 1.165) is 38.9 Å². The molecule has 0 bridgehead atoms. The van der Waals surface area contributed by atoms with Crippen molar-refractivity contribution in [1.29, 1.82) is 0 Å². The minimum atomic E-state index is 0.664. The molecule has 260 valence electrons. The van der Waals surface area contributed by atoms with E-state index >= 15 is 0 Å². The van der Waals surface area contributed by atoms with E-state index < -0.39 is 0 Å². The minimum Gasteiger partial charge on any atom is -0.309 e. The summed E-state index contributed by atoms with van der Waals surface area (Å²) < 4.78 is 4.63. The molecule has 12 rings (SSSR count). The highest BCUT2D eigenvalue weighted by molar-refractivity contribution is 6.21. The summed E-state index contributed by atoms with van der Waals surface area (Å²) in [5.41, 5.74) is 11.1. The van der Waals surface area contributed by atoms with Crippen LogP contribution in [-0.4, -0.2) is 19.1 Å². The summed E-state index contributed by atoms with van der Waals surface area (Å²) in [5, 5.41) is 10.7. The van der Waals surface area contributed by atoms with Crippen LogP contribution in [0.4, 0.5) is 0 Å². The lowest BCUT2D eigenvalue weighted by Crippen LogP contribution is -2.03. The molecule has 0 saturated carbocycles. The molecule has 0 fully saturated rings. The zero-order chi connectivity index (χ0) is 36.7. The third kappa shape index (κ3) is 4.53. The number of para-hydroxylation sites is 4. The second kappa shape index (κ2) is 12.0. The van der Waals surface area contributed by atoms with Gasteiger partial charge in [-0.15, -0.1) is 0 Å². The van der Waals surface area contributed by atoms with Crippen LogP contribution in [0.1, 0.15) is 0 Å². The first-order valence-electron chi connectivity index (χ1n) is 19.1. The van der Waals surface area contributed by atoms with Crippen LogP contribution in [0, 0.1) is 0 Å². The quantitative estimate of drug-likeness (QED) is 0.170. The monoisotopic (exact) mass is 712 g/mol. The Bertz CT molecular complexity index is 3520. The molecule has 9 aromatic carbocycles. The van der Waals surface area contributed by atoms with Gasteiger partial charge >= 0.3 is 0 Å². The molecule has 4 heteroatoms. The Kier molecular flexibility index (Phi) is 6.60. The van der Waals surface area contributed by atoms with Crippen molar-refractivity contribution >= 4 is 76.1 Å². The van der Waals surface area contributed by atoms with Gasteiger partial charge < -0.3 is 4.57 Å².